The number of benzene rings is 2. The van der Waals surface area contributed by atoms with Gasteiger partial charge in [-0.1, -0.05) is 45.1 Å². The number of nitrogens with zero attached hydrogens (tertiary/aromatic N) is 4. The number of para-hydroxylation sites is 1. The highest BCUT2D eigenvalue weighted by atomic mass is 32.2. The minimum atomic E-state index is -3.62. The summed E-state index contributed by atoms with van der Waals surface area (Å²) >= 11 is 3.39. The second kappa shape index (κ2) is 11.7. The van der Waals surface area contributed by atoms with Gasteiger partial charge in [0.2, 0.25) is 10.0 Å². The molecule has 10 heteroatoms. The number of hydrogen-bond acceptors (Lipinski definition) is 7. The van der Waals surface area contributed by atoms with Gasteiger partial charge in [-0.05, 0) is 54.5 Å². The molecule has 200 valence electrons. The molecule has 0 radical (unpaired) electrons. The van der Waals surface area contributed by atoms with Crippen molar-refractivity contribution in [1.29, 1.82) is 0 Å². The zero-order valence-electron chi connectivity index (χ0n) is 22.2. The van der Waals surface area contributed by atoms with Gasteiger partial charge in [-0.2, -0.15) is 4.31 Å². The van der Waals surface area contributed by atoms with Crippen molar-refractivity contribution in [2.24, 2.45) is 11.8 Å². The Morgan fingerprint density at radius 1 is 1.00 bits per heavy atom. The van der Waals surface area contributed by atoms with Crippen molar-refractivity contribution in [2.45, 2.75) is 37.5 Å². The average molecular weight is 561 g/mol. The lowest BCUT2D eigenvalue weighted by Crippen LogP contribution is -2.48. The zero-order chi connectivity index (χ0) is 26.7. The molecule has 3 aromatic rings. The minimum absolute atomic E-state index is 0.0706. The maximum atomic E-state index is 13.3. The molecule has 0 spiro atoms. The summed E-state index contributed by atoms with van der Waals surface area (Å²) < 4.78 is 29.3. The number of rotatable bonds is 9. The third-order valence-electron chi connectivity index (χ3n) is 6.30. The number of thiazole rings is 1. The molecule has 2 heterocycles. The van der Waals surface area contributed by atoms with Gasteiger partial charge in [-0.3, -0.25) is 4.79 Å². The van der Waals surface area contributed by atoms with E-state index in [0.717, 1.165) is 10.6 Å². The van der Waals surface area contributed by atoms with Gasteiger partial charge in [0.05, 0.1) is 15.1 Å². The first-order valence-corrected chi connectivity index (χ1v) is 16.2. The Hall–Kier alpha value is -2.14. The molecule has 4 rings (SSSR count). The monoisotopic (exact) mass is 560 g/mol. The molecule has 37 heavy (non-hydrogen) atoms. The fourth-order valence-corrected chi connectivity index (χ4v) is 7.94. The van der Waals surface area contributed by atoms with Gasteiger partial charge >= 0.3 is 0 Å². The Labute approximate surface area is 228 Å². The molecule has 7 nitrogen and oxygen atoms in total. The molecule has 1 aliphatic heterocycles. The number of aromatic nitrogens is 1. The smallest absolute Gasteiger partial charge is 0.253 e. The Morgan fingerprint density at radius 2 is 1.62 bits per heavy atom. The van der Waals surface area contributed by atoms with Crippen LogP contribution in [0, 0.1) is 11.8 Å². The number of piperazine rings is 1. The van der Waals surface area contributed by atoms with E-state index in [1.807, 2.05) is 32.6 Å². The summed E-state index contributed by atoms with van der Waals surface area (Å²) in [5.74, 6) is 0.380. The SMILES string of the molecule is CSc1cccc2sc(N3CCN(C(=O)c4ccc(S(=O)(=O)N(CC(C)C)CC(C)C)cc4)CC3)nc12. The second-order valence-corrected chi connectivity index (χ2v) is 14.0. The Bertz CT molecular complexity index is 1320. The maximum absolute atomic E-state index is 13.3. The van der Waals surface area contributed by atoms with Crippen LogP contribution in [0.5, 0.6) is 0 Å². The Kier molecular flexibility index (Phi) is 8.83. The lowest BCUT2D eigenvalue weighted by Gasteiger charge is -2.34. The van der Waals surface area contributed by atoms with E-state index >= 15 is 0 Å². The summed E-state index contributed by atoms with van der Waals surface area (Å²) in [6.45, 7) is 11.6. The fraction of sp³-hybridized carbons (Fsp3) is 0.481. The number of fused-ring (bicyclic) bond motifs is 1. The third kappa shape index (κ3) is 6.30. The van der Waals surface area contributed by atoms with Crippen LogP contribution in [0.25, 0.3) is 10.2 Å². The minimum Gasteiger partial charge on any atom is -0.345 e. The summed E-state index contributed by atoms with van der Waals surface area (Å²) in [6, 6.07) is 12.7. The molecule has 1 fully saturated rings. The molecule has 2 aromatic carbocycles. The third-order valence-corrected chi connectivity index (χ3v) is 10.0. The van der Waals surface area contributed by atoms with Crippen molar-refractivity contribution in [2.75, 3.05) is 50.4 Å². The number of sulfonamides is 1. The number of thioether (sulfide) groups is 1. The highest BCUT2D eigenvalue weighted by molar-refractivity contribution is 7.98. The maximum Gasteiger partial charge on any atom is 0.253 e. The highest BCUT2D eigenvalue weighted by Gasteiger charge is 2.28. The molecule has 1 amide bonds. The van der Waals surface area contributed by atoms with Crippen LogP contribution in [0.3, 0.4) is 0 Å². The predicted molar refractivity (Wildman–Crippen MR) is 154 cm³/mol. The van der Waals surface area contributed by atoms with Crippen LogP contribution in [-0.4, -0.2) is 74.0 Å². The van der Waals surface area contributed by atoms with E-state index < -0.39 is 10.0 Å². The second-order valence-electron chi connectivity index (χ2n) is 10.2. The van der Waals surface area contributed by atoms with Crippen LogP contribution in [-0.2, 0) is 10.0 Å². The molecule has 0 saturated carbocycles. The average Bonchev–Trinajstić information content (AvgIpc) is 3.32. The van der Waals surface area contributed by atoms with Crippen LogP contribution in [0.4, 0.5) is 5.13 Å². The molecular weight excluding hydrogens is 525 g/mol. The number of amides is 1. The van der Waals surface area contributed by atoms with E-state index in [2.05, 4.69) is 29.4 Å². The van der Waals surface area contributed by atoms with E-state index in [0.29, 0.717) is 44.8 Å². The zero-order valence-corrected chi connectivity index (χ0v) is 24.6. The normalized spacial score (nSPS) is 14.9. The lowest BCUT2D eigenvalue weighted by molar-refractivity contribution is 0.0746. The Balaban J connectivity index is 1.42. The predicted octanol–water partition coefficient (Wildman–Crippen LogP) is 5.28. The van der Waals surface area contributed by atoms with E-state index in [1.54, 1.807) is 51.7 Å². The number of carbonyl (C=O) groups excluding carboxylic acids is 1. The van der Waals surface area contributed by atoms with Crippen LogP contribution >= 0.6 is 23.1 Å². The molecule has 0 bridgehead atoms. The van der Waals surface area contributed by atoms with Crippen molar-refractivity contribution in [3.63, 3.8) is 0 Å². The summed E-state index contributed by atoms with van der Waals surface area (Å²) in [5, 5.41) is 0.991. The first-order chi connectivity index (χ1) is 17.6. The Morgan fingerprint density at radius 3 is 2.19 bits per heavy atom. The summed E-state index contributed by atoms with van der Waals surface area (Å²) in [5.41, 5.74) is 1.56. The fourth-order valence-electron chi connectivity index (χ4n) is 4.50. The lowest BCUT2D eigenvalue weighted by atomic mass is 10.2. The van der Waals surface area contributed by atoms with Crippen LogP contribution in [0.2, 0.25) is 0 Å². The van der Waals surface area contributed by atoms with Crippen molar-refractivity contribution in [1.82, 2.24) is 14.2 Å². The van der Waals surface area contributed by atoms with Crippen molar-refractivity contribution in [3.05, 3.63) is 48.0 Å². The van der Waals surface area contributed by atoms with Crippen LogP contribution in [0.15, 0.2) is 52.3 Å². The quantitative estimate of drug-likeness (QED) is 0.332. The molecule has 0 N–H and O–H groups in total. The van der Waals surface area contributed by atoms with Crippen molar-refractivity contribution in [3.8, 4) is 0 Å². The number of anilines is 1. The summed E-state index contributed by atoms with van der Waals surface area (Å²) in [7, 11) is -3.62. The molecule has 1 aromatic heterocycles. The van der Waals surface area contributed by atoms with Gasteiger partial charge in [-0.25, -0.2) is 13.4 Å². The van der Waals surface area contributed by atoms with Gasteiger partial charge in [0, 0.05) is 49.7 Å². The van der Waals surface area contributed by atoms with Gasteiger partial charge in [-0.15, -0.1) is 11.8 Å². The molecule has 1 aliphatic rings. The largest absolute Gasteiger partial charge is 0.345 e. The van der Waals surface area contributed by atoms with E-state index in [-0.39, 0.29) is 22.6 Å². The molecule has 0 aliphatic carbocycles. The van der Waals surface area contributed by atoms with Gasteiger partial charge < -0.3 is 9.80 Å². The standard InChI is InChI=1S/C27H36N4O3S3/c1-19(2)17-31(18-20(3)4)37(33,34)22-11-9-21(10-12-22)26(32)29-13-15-30(16-14-29)27-28-25-23(35-5)7-6-8-24(25)36-27/h6-12,19-20H,13-18H2,1-5H3. The molecule has 0 atom stereocenters. The first kappa shape index (κ1) is 27.9. The molecule has 1 saturated heterocycles. The van der Waals surface area contributed by atoms with Gasteiger partial charge in [0.15, 0.2) is 5.13 Å². The van der Waals surface area contributed by atoms with Crippen molar-refractivity contribution < 1.29 is 13.2 Å². The van der Waals surface area contributed by atoms with Gasteiger partial charge in [0.1, 0.15) is 0 Å². The summed E-state index contributed by atoms with van der Waals surface area (Å²) in [6.07, 6.45) is 2.06. The first-order valence-electron chi connectivity index (χ1n) is 12.7. The molecule has 0 unspecified atom stereocenters. The van der Waals surface area contributed by atoms with E-state index in [4.69, 9.17) is 4.98 Å². The molecular formula is C27H36N4O3S3. The van der Waals surface area contributed by atoms with E-state index in [9.17, 15) is 13.2 Å². The van der Waals surface area contributed by atoms with Gasteiger partial charge in [0.25, 0.3) is 5.91 Å². The number of hydrogen-bond donors (Lipinski definition) is 0. The highest BCUT2D eigenvalue weighted by Crippen LogP contribution is 2.34. The van der Waals surface area contributed by atoms with Crippen molar-refractivity contribution >= 4 is 54.4 Å². The number of carbonyl (C=O) groups is 1. The van der Waals surface area contributed by atoms with Crippen LogP contribution in [0.1, 0.15) is 38.1 Å². The van der Waals surface area contributed by atoms with E-state index in [1.165, 1.54) is 9.60 Å². The topological polar surface area (TPSA) is 73.8 Å². The summed E-state index contributed by atoms with van der Waals surface area (Å²) in [4.78, 5) is 23.6. The van der Waals surface area contributed by atoms with Crippen LogP contribution < -0.4 is 4.90 Å².